The van der Waals surface area contributed by atoms with Crippen molar-refractivity contribution in [3.05, 3.63) is 42.7 Å². The molecule has 74 valence electrons. The quantitative estimate of drug-likeness (QED) is 0.607. The Morgan fingerprint density at radius 1 is 1.20 bits per heavy atom. The van der Waals surface area contributed by atoms with Gasteiger partial charge in [0.1, 0.15) is 0 Å². The van der Waals surface area contributed by atoms with Crippen molar-refractivity contribution < 1.29 is 0 Å². The van der Waals surface area contributed by atoms with Crippen LogP contribution in [0.15, 0.2) is 42.7 Å². The van der Waals surface area contributed by atoms with Crippen LogP contribution in [0.3, 0.4) is 0 Å². The largest absolute Gasteiger partial charge is 0.351 e. The van der Waals surface area contributed by atoms with E-state index in [2.05, 4.69) is 52.5 Å². The molecule has 3 aromatic rings. The first-order valence-corrected chi connectivity index (χ1v) is 5.58. The molecule has 0 radical (unpaired) electrons. The SMILES string of the molecule is Cn1ccc2cc(-c3ccns3)ccc21. The molecule has 0 bridgehead atoms. The van der Waals surface area contributed by atoms with Gasteiger partial charge >= 0.3 is 0 Å². The van der Waals surface area contributed by atoms with E-state index in [1.807, 2.05) is 6.20 Å². The third kappa shape index (κ3) is 1.36. The third-order valence-corrected chi connectivity index (χ3v) is 3.40. The maximum atomic E-state index is 4.12. The highest BCUT2D eigenvalue weighted by molar-refractivity contribution is 7.09. The molecule has 0 N–H and O–H groups in total. The summed E-state index contributed by atoms with van der Waals surface area (Å²) in [5, 5.41) is 1.28. The van der Waals surface area contributed by atoms with Gasteiger partial charge in [0.2, 0.25) is 0 Å². The second-order valence-corrected chi connectivity index (χ2v) is 4.41. The zero-order valence-electron chi connectivity index (χ0n) is 8.34. The van der Waals surface area contributed by atoms with E-state index in [-0.39, 0.29) is 0 Å². The summed E-state index contributed by atoms with van der Waals surface area (Å²) < 4.78 is 6.25. The Kier molecular flexibility index (Phi) is 1.86. The van der Waals surface area contributed by atoms with Gasteiger partial charge < -0.3 is 4.57 Å². The molecule has 2 nitrogen and oxygen atoms in total. The number of aromatic nitrogens is 2. The highest BCUT2D eigenvalue weighted by atomic mass is 32.1. The van der Waals surface area contributed by atoms with Crippen molar-refractivity contribution in [3.63, 3.8) is 0 Å². The van der Waals surface area contributed by atoms with E-state index in [0.717, 1.165) is 0 Å². The van der Waals surface area contributed by atoms with Crippen LogP contribution < -0.4 is 0 Å². The van der Waals surface area contributed by atoms with Gasteiger partial charge in [-0.25, -0.2) is 4.37 Å². The Morgan fingerprint density at radius 3 is 2.93 bits per heavy atom. The van der Waals surface area contributed by atoms with Crippen LogP contribution in [0, 0.1) is 0 Å². The molecule has 0 atom stereocenters. The van der Waals surface area contributed by atoms with Gasteiger partial charge in [-0.3, -0.25) is 0 Å². The zero-order valence-corrected chi connectivity index (χ0v) is 9.16. The predicted octanol–water partition coefficient (Wildman–Crippen LogP) is 3.30. The van der Waals surface area contributed by atoms with Crippen molar-refractivity contribution in [2.75, 3.05) is 0 Å². The molecule has 3 heteroatoms. The minimum absolute atomic E-state index is 1.22. The lowest BCUT2D eigenvalue weighted by atomic mass is 10.1. The molecule has 2 aromatic heterocycles. The van der Waals surface area contributed by atoms with E-state index < -0.39 is 0 Å². The first-order valence-electron chi connectivity index (χ1n) is 4.81. The first kappa shape index (κ1) is 8.68. The molecular weight excluding hydrogens is 204 g/mol. The van der Waals surface area contributed by atoms with Crippen LogP contribution in [0.2, 0.25) is 0 Å². The molecule has 0 saturated heterocycles. The van der Waals surface area contributed by atoms with Gasteiger partial charge in [-0.05, 0) is 41.4 Å². The minimum Gasteiger partial charge on any atom is -0.351 e. The summed E-state index contributed by atoms with van der Waals surface area (Å²) in [5.41, 5.74) is 2.51. The molecule has 0 saturated carbocycles. The van der Waals surface area contributed by atoms with Gasteiger partial charge in [0.15, 0.2) is 0 Å². The van der Waals surface area contributed by atoms with Crippen molar-refractivity contribution in [2.24, 2.45) is 7.05 Å². The van der Waals surface area contributed by atoms with Gasteiger partial charge in [-0.15, -0.1) is 0 Å². The molecule has 0 amide bonds. The standard InChI is InChI=1S/C12H10N2S/c1-14-7-5-9-8-10(2-3-11(9)14)12-4-6-13-15-12/h2-8H,1H3. The van der Waals surface area contributed by atoms with Crippen LogP contribution >= 0.6 is 11.5 Å². The Bertz CT molecular complexity index is 593. The third-order valence-electron chi connectivity index (χ3n) is 2.61. The van der Waals surface area contributed by atoms with Gasteiger partial charge in [0.25, 0.3) is 0 Å². The lowest BCUT2D eigenvalue weighted by Gasteiger charge is -1.99. The minimum atomic E-state index is 1.22. The van der Waals surface area contributed by atoms with Gasteiger partial charge in [0.05, 0.1) is 4.88 Å². The Labute approximate surface area is 92.0 Å². The summed E-state index contributed by atoms with van der Waals surface area (Å²) in [6.07, 6.45) is 3.93. The second-order valence-electron chi connectivity index (χ2n) is 3.58. The van der Waals surface area contributed by atoms with E-state index in [9.17, 15) is 0 Å². The monoisotopic (exact) mass is 214 g/mol. The molecule has 3 rings (SSSR count). The predicted molar refractivity (Wildman–Crippen MR) is 64.0 cm³/mol. The molecular formula is C12H10N2S. The van der Waals surface area contributed by atoms with Crippen molar-refractivity contribution in [3.8, 4) is 10.4 Å². The molecule has 0 aliphatic rings. The lowest BCUT2D eigenvalue weighted by Crippen LogP contribution is -1.82. The number of nitrogens with zero attached hydrogens (tertiary/aromatic N) is 2. The summed E-state index contributed by atoms with van der Waals surface area (Å²) >= 11 is 1.53. The Hall–Kier alpha value is -1.61. The maximum Gasteiger partial charge on any atom is 0.0550 e. The Morgan fingerprint density at radius 2 is 2.13 bits per heavy atom. The smallest absolute Gasteiger partial charge is 0.0550 e. The second kappa shape index (κ2) is 3.21. The van der Waals surface area contributed by atoms with Crippen LogP contribution in [0.5, 0.6) is 0 Å². The molecule has 0 fully saturated rings. The van der Waals surface area contributed by atoms with Gasteiger partial charge in [-0.1, -0.05) is 6.07 Å². The molecule has 0 unspecified atom stereocenters. The van der Waals surface area contributed by atoms with Crippen LogP contribution in [0.1, 0.15) is 0 Å². The number of hydrogen-bond acceptors (Lipinski definition) is 2. The van der Waals surface area contributed by atoms with Crippen molar-refractivity contribution >= 4 is 22.4 Å². The van der Waals surface area contributed by atoms with Crippen LogP contribution in [0.4, 0.5) is 0 Å². The van der Waals surface area contributed by atoms with Gasteiger partial charge in [-0.2, -0.15) is 0 Å². The summed E-state index contributed by atoms with van der Waals surface area (Å²) in [6, 6.07) is 10.7. The number of benzene rings is 1. The molecule has 2 heterocycles. The fraction of sp³-hybridized carbons (Fsp3) is 0.0833. The average Bonchev–Trinajstić information content (AvgIpc) is 2.88. The summed E-state index contributed by atoms with van der Waals surface area (Å²) in [5.74, 6) is 0. The number of rotatable bonds is 1. The average molecular weight is 214 g/mol. The van der Waals surface area contributed by atoms with Crippen molar-refractivity contribution in [1.82, 2.24) is 8.94 Å². The van der Waals surface area contributed by atoms with Crippen molar-refractivity contribution in [2.45, 2.75) is 0 Å². The lowest BCUT2D eigenvalue weighted by molar-refractivity contribution is 0.969. The topological polar surface area (TPSA) is 17.8 Å². The van der Waals surface area contributed by atoms with Crippen LogP contribution in [0.25, 0.3) is 21.3 Å². The van der Waals surface area contributed by atoms with Crippen LogP contribution in [-0.4, -0.2) is 8.94 Å². The number of hydrogen-bond donors (Lipinski definition) is 0. The fourth-order valence-electron chi connectivity index (χ4n) is 1.80. The molecule has 0 aliphatic carbocycles. The van der Waals surface area contributed by atoms with E-state index >= 15 is 0 Å². The molecule has 15 heavy (non-hydrogen) atoms. The number of aryl methyl sites for hydroxylation is 1. The van der Waals surface area contributed by atoms with E-state index in [1.165, 1.54) is 32.9 Å². The zero-order chi connectivity index (χ0) is 10.3. The highest BCUT2D eigenvalue weighted by Crippen LogP contribution is 2.26. The maximum absolute atomic E-state index is 4.12. The molecule has 1 aromatic carbocycles. The highest BCUT2D eigenvalue weighted by Gasteiger charge is 2.02. The molecule has 0 spiro atoms. The van der Waals surface area contributed by atoms with Crippen molar-refractivity contribution in [1.29, 1.82) is 0 Å². The summed E-state index contributed by atoms with van der Waals surface area (Å²) in [6.45, 7) is 0. The Balaban J connectivity index is 2.23. The summed E-state index contributed by atoms with van der Waals surface area (Å²) in [4.78, 5) is 1.22. The molecule has 0 aliphatic heterocycles. The first-order chi connectivity index (χ1) is 7.34. The van der Waals surface area contributed by atoms with E-state index in [4.69, 9.17) is 0 Å². The summed E-state index contributed by atoms with van der Waals surface area (Å²) in [7, 11) is 2.06. The van der Waals surface area contributed by atoms with Gasteiger partial charge in [0, 0.05) is 30.3 Å². The van der Waals surface area contributed by atoms with Crippen LogP contribution in [-0.2, 0) is 7.05 Å². The van der Waals surface area contributed by atoms with E-state index in [0.29, 0.717) is 0 Å². The number of fused-ring (bicyclic) bond motifs is 1. The fourth-order valence-corrected chi connectivity index (χ4v) is 2.39. The van der Waals surface area contributed by atoms with E-state index in [1.54, 1.807) is 0 Å². The normalized spacial score (nSPS) is 11.0.